The summed E-state index contributed by atoms with van der Waals surface area (Å²) < 4.78 is 12.0. The first-order valence-corrected chi connectivity index (χ1v) is 12.3. The number of carbonyl (C=O) groups excluding carboxylic acids is 1. The van der Waals surface area contributed by atoms with Gasteiger partial charge >= 0.3 is 6.09 Å². The van der Waals surface area contributed by atoms with E-state index >= 15 is 0 Å². The molecule has 0 aromatic heterocycles. The van der Waals surface area contributed by atoms with Gasteiger partial charge in [0.2, 0.25) is 0 Å². The summed E-state index contributed by atoms with van der Waals surface area (Å²) in [7, 11) is 0. The van der Waals surface area contributed by atoms with Crippen LogP contribution in [-0.2, 0) is 15.7 Å². The Bertz CT molecular complexity index is 1040. The lowest BCUT2D eigenvalue weighted by molar-refractivity contribution is -0.0358. The Labute approximate surface area is 197 Å². The molecular weight excluding hydrogens is 412 g/mol. The summed E-state index contributed by atoms with van der Waals surface area (Å²) in [5, 5.41) is 3.19. The summed E-state index contributed by atoms with van der Waals surface area (Å²) in [6, 6.07) is 15.0. The molecule has 0 aliphatic carbocycles. The van der Waals surface area contributed by atoms with Crippen molar-refractivity contribution in [2.24, 2.45) is 5.92 Å². The van der Waals surface area contributed by atoms with Gasteiger partial charge in [0.25, 0.3) is 0 Å². The van der Waals surface area contributed by atoms with Crippen molar-refractivity contribution in [2.75, 3.05) is 26.2 Å². The molecule has 2 atom stereocenters. The van der Waals surface area contributed by atoms with Crippen LogP contribution in [0.2, 0.25) is 0 Å². The minimum Gasteiger partial charge on any atom is -0.493 e. The Hall–Kier alpha value is -2.53. The third-order valence-corrected chi connectivity index (χ3v) is 7.73. The Morgan fingerprint density at radius 3 is 2.58 bits per heavy atom. The number of piperidine rings is 3. The van der Waals surface area contributed by atoms with Gasteiger partial charge in [0.1, 0.15) is 11.9 Å². The maximum atomic E-state index is 12.9. The lowest BCUT2D eigenvalue weighted by Crippen LogP contribution is -2.54. The Morgan fingerprint density at radius 1 is 1.12 bits per heavy atom. The van der Waals surface area contributed by atoms with E-state index in [4.69, 9.17) is 9.47 Å². The normalized spacial score (nSPS) is 28.5. The number of hydrogen-bond acceptors (Lipinski definition) is 4. The summed E-state index contributed by atoms with van der Waals surface area (Å²) in [6.45, 7) is 12.5. The first-order valence-electron chi connectivity index (χ1n) is 12.3. The van der Waals surface area contributed by atoms with E-state index in [0.29, 0.717) is 18.9 Å². The summed E-state index contributed by atoms with van der Waals surface area (Å²) in [5.74, 6) is 1.34. The van der Waals surface area contributed by atoms with Crippen LogP contribution in [0.4, 0.5) is 4.79 Å². The van der Waals surface area contributed by atoms with Crippen LogP contribution >= 0.6 is 0 Å². The second-order valence-corrected chi connectivity index (χ2v) is 11.2. The molecule has 3 fully saturated rings. The van der Waals surface area contributed by atoms with Gasteiger partial charge in [-0.2, -0.15) is 0 Å². The molecule has 2 aromatic rings. The SMILES string of the molecule is CC(C)(C)c1cccc(-c2ccc3c(c2)OCCC3(C)NC(=O)O[C@H]2CN3CCC2CC3)c1. The molecule has 5 heteroatoms. The Balaban J connectivity index is 1.34. The van der Waals surface area contributed by atoms with Crippen LogP contribution in [0.3, 0.4) is 0 Å². The molecule has 33 heavy (non-hydrogen) atoms. The lowest BCUT2D eigenvalue weighted by Gasteiger charge is -2.44. The van der Waals surface area contributed by atoms with E-state index in [9.17, 15) is 4.79 Å². The average molecular weight is 449 g/mol. The highest BCUT2D eigenvalue weighted by molar-refractivity contribution is 5.71. The molecule has 176 valence electrons. The monoisotopic (exact) mass is 448 g/mol. The molecule has 4 heterocycles. The molecule has 1 unspecified atom stereocenters. The van der Waals surface area contributed by atoms with Crippen molar-refractivity contribution in [1.82, 2.24) is 10.2 Å². The molecule has 5 nitrogen and oxygen atoms in total. The quantitative estimate of drug-likeness (QED) is 0.677. The van der Waals surface area contributed by atoms with Crippen molar-refractivity contribution >= 4 is 6.09 Å². The highest BCUT2D eigenvalue weighted by atomic mass is 16.6. The molecule has 6 rings (SSSR count). The molecule has 4 aliphatic rings. The van der Waals surface area contributed by atoms with Gasteiger partial charge < -0.3 is 14.8 Å². The average Bonchev–Trinajstić information content (AvgIpc) is 2.79. The molecule has 3 saturated heterocycles. The van der Waals surface area contributed by atoms with Crippen molar-refractivity contribution < 1.29 is 14.3 Å². The minimum absolute atomic E-state index is 0.00730. The molecule has 1 N–H and O–H groups in total. The second kappa shape index (κ2) is 8.35. The Morgan fingerprint density at radius 2 is 1.88 bits per heavy atom. The molecule has 0 saturated carbocycles. The van der Waals surface area contributed by atoms with E-state index in [1.54, 1.807) is 0 Å². The van der Waals surface area contributed by atoms with Gasteiger partial charge in [-0.05, 0) is 66.9 Å². The number of fused-ring (bicyclic) bond motifs is 4. The van der Waals surface area contributed by atoms with Crippen LogP contribution in [0, 0.1) is 5.92 Å². The number of benzene rings is 2. The lowest BCUT2D eigenvalue weighted by atomic mass is 9.83. The van der Waals surface area contributed by atoms with Gasteiger partial charge in [-0.15, -0.1) is 0 Å². The van der Waals surface area contributed by atoms with Crippen molar-refractivity contribution in [1.29, 1.82) is 0 Å². The topological polar surface area (TPSA) is 50.8 Å². The fraction of sp³-hybridized carbons (Fsp3) is 0.536. The van der Waals surface area contributed by atoms with Crippen LogP contribution in [0.5, 0.6) is 5.75 Å². The predicted octanol–water partition coefficient (Wildman–Crippen LogP) is 5.47. The summed E-state index contributed by atoms with van der Waals surface area (Å²) >= 11 is 0. The van der Waals surface area contributed by atoms with Gasteiger partial charge in [0.05, 0.1) is 12.1 Å². The van der Waals surface area contributed by atoms with E-state index in [2.05, 4.69) is 80.4 Å². The summed E-state index contributed by atoms with van der Waals surface area (Å²) in [5.41, 5.74) is 4.20. The van der Waals surface area contributed by atoms with Crippen LogP contribution in [0.15, 0.2) is 42.5 Å². The highest BCUT2D eigenvalue weighted by Crippen LogP contribution is 2.40. The van der Waals surface area contributed by atoms with Crippen molar-refractivity contribution in [3.05, 3.63) is 53.6 Å². The predicted molar refractivity (Wildman–Crippen MR) is 131 cm³/mol. The molecule has 4 aliphatic heterocycles. The van der Waals surface area contributed by atoms with Gasteiger partial charge in [-0.1, -0.05) is 57.2 Å². The zero-order valence-electron chi connectivity index (χ0n) is 20.3. The first kappa shape index (κ1) is 22.3. The maximum Gasteiger partial charge on any atom is 0.408 e. The Kier molecular flexibility index (Phi) is 5.64. The molecule has 0 radical (unpaired) electrons. The van der Waals surface area contributed by atoms with E-state index in [0.717, 1.165) is 49.4 Å². The second-order valence-electron chi connectivity index (χ2n) is 11.2. The number of carbonyl (C=O) groups is 1. The maximum absolute atomic E-state index is 12.9. The van der Waals surface area contributed by atoms with Crippen LogP contribution in [0.1, 0.15) is 58.1 Å². The van der Waals surface area contributed by atoms with Crippen molar-refractivity contribution in [3.63, 3.8) is 0 Å². The van der Waals surface area contributed by atoms with Gasteiger partial charge in [0, 0.05) is 18.5 Å². The molecule has 2 bridgehead atoms. The van der Waals surface area contributed by atoms with Gasteiger partial charge in [-0.25, -0.2) is 4.79 Å². The fourth-order valence-corrected chi connectivity index (χ4v) is 5.51. The van der Waals surface area contributed by atoms with E-state index < -0.39 is 5.54 Å². The molecule has 1 amide bonds. The van der Waals surface area contributed by atoms with Crippen molar-refractivity contribution in [2.45, 2.75) is 64.0 Å². The highest BCUT2D eigenvalue weighted by Gasteiger charge is 2.39. The van der Waals surface area contributed by atoms with Gasteiger partial charge in [0.15, 0.2) is 0 Å². The number of nitrogens with zero attached hydrogens (tertiary/aromatic N) is 1. The minimum atomic E-state index is -0.510. The van der Waals surface area contributed by atoms with E-state index in [-0.39, 0.29) is 17.6 Å². The molecular formula is C28H36N2O3. The number of hydrogen-bond donors (Lipinski definition) is 1. The number of amides is 1. The standard InChI is InChI=1S/C28H36N2O3/c1-27(2,3)22-7-5-6-20(16-22)21-8-9-23-24(17-21)32-15-12-28(23,4)29-26(31)33-25-18-30-13-10-19(25)11-14-30/h5-9,16-17,19,25H,10-15,18H2,1-4H3,(H,29,31)/t25-,28?/m0/s1. The number of ether oxygens (including phenoxy) is 2. The summed E-state index contributed by atoms with van der Waals surface area (Å²) in [6.07, 6.45) is 2.67. The molecule has 0 spiro atoms. The largest absolute Gasteiger partial charge is 0.493 e. The van der Waals surface area contributed by atoms with E-state index in [1.165, 1.54) is 11.1 Å². The van der Waals surface area contributed by atoms with Crippen molar-refractivity contribution in [3.8, 4) is 16.9 Å². The number of rotatable bonds is 3. The zero-order valence-corrected chi connectivity index (χ0v) is 20.3. The third kappa shape index (κ3) is 4.48. The molecule has 2 aromatic carbocycles. The smallest absolute Gasteiger partial charge is 0.408 e. The van der Waals surface area contributed by atoms with Gasteiger partial charge in [-0.3, -0.25) is 4.90 Å². The van der Waals surface area contributed by atoms with Crippen LogP contribution in [-0.4, -0.2) is 43.3 Å². The van der Waals surface area contributed by atoms with E-state index in [1.807, 2.05) is 0 Å². The summed E-state index contributed by atoms with van der Waals surface area (Å²) in [4.78, 5) is 15.3. The number of alkyl carbamates (subject to hydrolysis) is 1. The zero-order chi connectivity index (χ0) is 23.2. The first-order chi connectivity index (χ1) is 15.7. The van der Waals surface area contributed by atoms with Crippen LogP contribution in [0.25, 0.3) is 11.1 Å². The van der Waals surface area contributed by atoms with Crippen LogP contribution < -0.4 is 10.1 Å². The number of nitrogens with one attached hydrogen (secondary N) is 1. The third-order valence-electron chi connectivity index (χ3n) is 7.73. The fourth-order valence-electron chi connectivity index (χ4n) is 5.51.